The number of fused-ring (bicyclic) bond motifs is 1. The first-order valence-electron chi connectivity index (χ1n) is 8.45. The van der Waals surface area contributed by atoms with Crippen molar-refractivity contribution in [3.8, 4) is 5.75 Å². The molecule has 0 aliphatic carbocycles. The van der Waals surface area contributed by atoms with Crippen molar-refractivity contribution in [1.82, 2.24) is 20.8 Å². The van der Waals surface area contributed by atoms with E-state index < -0.39 is 0 Å². The van der Waals surface area contributed by atoms with Gasteiger partial charge in [-0.1, -0.05) is 12.1 Å². The van der Waals surface area contributed by atoms with Gasteiger partial charge in [0, 0.05) is 50.0 Å². The van der Waals surface area contributed by atoms with Crippen LogP contribution in [0.1, 0.15) is 32.9 Å². The Labute approximate surface area is 159 Å². The van der Waals surface area contributed by atoms with Crippen molar-refractivity contribution in [3.05, 3.63) is 46.3 Å². The summed E-state index contributed by atoms with van der Waals surface area (Å²) in [6.45, 7) is 4.96. The number of amides is 1. The Kier molecular flexibility index (Phi) is 7.44. The predicted molar refractivity (Wildman–Crippen MR) is 101 cm³/mol. The third-order valence-corrected chi connectivity index (χ3v) is 4.23. The number of ether oxygens (including phenoxy) is 2. The zero-order chi connectivity index (χ0) is 17.6. The van der Waals surface area contributed by atoms with Gasteiger partial charge in [0.15, 0.2) is 5.69 Å². The Morgan fingerprint density at radius 3 is 3.00 bits per heavy atom. The molecule has 0 fully saturated rings. The molecule has 0 atom stereocenters. The fourth-order valence-electron chi connectivity index (χ4n) is 2.85. The summed E-state index contributed by atoms with van der Waals surface area (Å²) in [5, 5.41) is 13.4. The van der Waals surface area contributed by atoms with E-state index in [0.29, 0.717) is 32.0 Å². The minimum Gasteiger partial charge on any atom is -0.491 e. The van der Waals surface area contributed by atoms with Crippen LogP contribution in [0.4, 0.5) is 0 Å². The Bertz CT molecular complexity index is 748. The van der Waals surface area contributed by atoms with Gasteiger partial charge in [-0.15, -0.1) is 12.4 Å². The second kappa shape index (κ2) is 9.56. The normalized spacial score (nSPS) is 12.8. The second-order valence-corrected chi connectivity index (χ2v) is 6.09. The summed E-state index contributed by atoms with van der Waals surface area (Å²) >= 11 is 0. The summed E-state index contributed by atoms with van der Waals surface area (Å²) in [6.07, 6.45) is 0.866. The maximum Gasteiger partial charge on any atom is 0.272 e. The molecule has 0 spiro atoms. The van der Waals surface area contributed by atoms with E-state index in [-0.39, 0.29) is 18.3 Å². The van der Waals surface area contributed by atoms with Crippen LogP contribution in [0.3, 0.4) is 0 Å². The largest absolute Gasteiger partial charge is 0.491 e. The van der Waals surface area contributed by atoms with Gasteiger partial charge in [-0.25, -0.2) is 0 Å². The van der Waals surface area contributed by atoms with Crippen LogP contribution >= 0.6 is 12.4 Å². The molecule has 8 heteroatoms. The molecular weight excluding hydrogens is 356 g/mol. The number of carbonyl (C=O) groups excluding carboxylic acids is 1. The Morgan fingerprint density at radius 2 is 2.19 bits per heavy atom. The highest BCUT2D eigenvalue weighted by atomic mass is 35.5. The minimum absolute atomic E-state index is 0. The van der Waals surface area contributed by atoms with Gasteiger partial charge in [0.1, 0.15) is 12.4 Å². The number of aromatic nitrogens is 2. The van der Waals surface area contributed by atoms with Crippen LogP contribution < -0.4 is 15.4 Å². The van der Waals surface area contributed by atoms with Gasteiger partial charge >= 0.3 is 0 Å². The van der Waals surface area contributed by atoms with Crippen LogP contribution in [0.25, 0.3) is 0 Å². The SMILES string of the molecule is COCCOc1cc(C)ccc1CNC(=O)c1n[nH]c2c1CNCC2.Cl. The van der Waals surface area contributed by atoms with E-state index in [1.54, 1.807) is 7.11 Å². The number of aryl methyl sites for hydroxylation is 1. The molecule has 1 aliphatic heterocycles. The quantitative estimate of drug-likeness (QED) is 0.637. The van der Waals surface area contributed by atoms with Gasteiger partial charge in [0.05, 0.1) is 6.61 Å². The molecule has 0 bridgehead atoms. The molecule has 2 aromatic rings. The van der Waals surface area contributed by atoms with Crippen molar-refractivity contribution >= 4 is 18.3 Å². The van der Waals surface area contributed by atoms with Crippen LogP contribution in [0, 0.1) is 6.92 Å². The van der Waals surface area contributed by atoms with Crippen LogP contribution in [0.15, 0.2) is 18.2 Å². The molecule has 0 radical (unpaired) electrons. The zero-order valence-electron chi connectivity index (χ0n) is 15.1. The number of methoxy groups -OCH3 is 1. The lowest BCUT2D eigenvalue weighted by Gasteiger charge is -2.14. The van der Waals surface area contributed by atoms with Gasteiger partial charge in [0.25, 0.3) is 5.91 Å². The fourth-order valence-corrected chi connectivity index (χ4v) is 2.85. The van der Waals surface area contributed by atoms with E-state index >= 15 is 0 Å². The lowest BCUT2D eigenvalue weighted by molar-refractivity contribution is 0.0944. The average molecular weight is 381 g/mol. The number of aromatic amines is 1. The van der Waals surface area contributed by atoms with E-state index in [9.17, 15) is 4.79 Å². The molecule has 26 heavy (non-hydrogen) atoms. The molecule has 2 heterocycles. The standard InChI is InChI=1S/C18H24N4O3.ClH/c1-12-3-4-13(16(9-12)25-8-7-24-2)10-20-18(23)17-14-11-19-6-5-15(14)21-22-17;/h3-4,9,19H,5-8,10-11H2,1-2H3,(H,20,23)(H,21,22);1H. The van der Waals surface area contributed by atoms with E-state index in [1.165, 1.54) is 0 Å². The maximum absolute atomic E-state index is 12.5. The molecule has 1 aromatic carbocycles. The summed E-state index contributed by atoms with van der Waals surface area (Å²) in [5.41, 5.74) is 4.51. The first kappa shape index (κ1) is 20.2. The molecular formula is C18H25ClN4O3. The molecule has 1 aromatic heterocycles. The molecule has 3 N–H and O–H groups in total. The van der Waals surface area contributed by atoms with E-state index in [2.05, 4.69) is 20.8 Å². The summed E-state index contributed by atoms with van der Waals surface area (Å²) < 4.78 is 10.8. The number of rotatable bonds is 7. The number of nitrogens with zero attached hydrogens (tertiary/aromatic N) is 1. The van der Waals surface area contributed by atoms with Gasteiger partial charge in [-0.05, 0) is 18.6 Å². The summed E-state index contributed by atoms with van der Waals surface area (Å²) in [7, 11) is 1.64. The lowest BCUT2D eigenvalue weighted by Crippen LogP contribution is -2.28. The highest BCUT2D eigenvalue weighted by molar-refractivity contribution is 5.94. The number of halogens is 1. The van der Waals surface area contributed by atoms with Gasteiger partial charge in [0.2, 0.25) is 0 Å². The second-order valence-electron chi connectivity index (χ2n) is 6.09. The topological polar surface area (TPSA) is 88.3 Å². The van der Waals surface area contributed by atoms with Crippen molar-refractivity contribution < 1.29 is 14.3 Å². The van der Waals surface area contributed by atoms with Gasteiger partial charge in [-0.2, -0.15) is 5.10 Å². The summed E-state index contributed by atoms with van der Waals surface area (Å²) in [5.74, 6) is 0.590. The molecule has 0 saturated carbocycles. The van der Waals surface area contributed by atoms with E-state index in [1.807, 2.05) is 25.1 Å². The molecule has 7 nitrogen and oxygen atoms in total. The Hall–Kier alpha value is -2.09. The van der Waals surface area contributed by atoms with Crippen LogP contribution in [0.2, 0.25) is 0 Å². The monoisotopic (exact) mass is 380 g/mol. The number of H-pyrrole nitrogens is 1. The van der Waals surface area contributed by atoms with Gasteiger partial charge in [-0.3, -0.25) is 9.89 Å². The van der Waals surface area contributed by atoms with Crippen molar-refractivity contribution in [2.45, 2.75) is 26.4 Å². The maximum atomic E-state index is 12.5. The first-order chi connectivity index (χ1) is 12.2. The summed E-state index contributed by atoms with van der Waals surface area (Å²) in [4.78, 5) is 12.5. The molecule has 1 aliphatic rings. The minimum atomic E-state index is -0.176. The smallest absolute Gasteiger partial charge is 0.272 e. The molecule has 0 unspecified atom stereocenters. The summed E-state index contributed by atoms with van der Waals surface area (Å²) in [6, 6.07) is 5.95. The fraction of sp³-hybridized carbons (Fsp3) is 0.444. The number of benzene rings is 1. The van der Waals surface area contributed by atoms with E-state index in [0.717, 1.165) is 41.1 Å². The average Bonchev–Trinajstić information content (AvgIpc) is 3.05. The van der Waals surface area contributed by atoms with Crippen molar-refractivity contribution in [3.63, 3.8) is 0 Å². The highest BCUT2D eigenvalue weighted by Gasteiger charge is 2.21. The molecule has 1 amide bonds. The molecule has 0 saturated heterocycles. The Morgan fingerprint density at radius 1 is 1.35 bits per heavy atom. The highest BCUT2D eigenvalue weighted by Crippen LogP contribution is 2.21. The number of hydrogen-bond donors (Lipinski definition) is 3. The number of hydrogen-bond acceptors (Lipinski definition) is 5. The van der Waals surface area contributed by atoms with Crippen LogP contribution in [0.5, 0.6) is 5.75 Å². The lowest BCUT2D eigenvalue weighted by atomic mass is 10.1. The number of carbonyl (C=O) groups is 1. The number of nitrogens with one attached hydrogen (secondary N) is 3. The third kappa shape index (κ3) is 4.75. The van der Waals surface area contributed by atoms with E-state index in [4.69, 9.17) is 9.47 Å². The Balaban J connectivity index is 0.00000243. The van der Waals surface area contributed by atoms with Crippen LogP contribution in [-0.2, 0) is 24.2 Å². The molecule has 3 rings (SSSR count). The van der Waals surface area contributed by atoms with Crippen molar-refractivity contribution in [2.24, 2.45) is 0 Å². The van der Waals surface area contributed by atoms with Gasteiger partial charge < -0.3 is 20.1 Å². The zero-order valence-corrected chi connectivity index (χ0v) is 15.9. The molecule has 142 valence electrons. The third-order valence-electron chi connectivity index (χ3n) is 4.23. The van der Waals surface area contributed by atoms with Crippen LogP contribution in [-0.4, -0.2) is 43.0 Å². The predicted octanol–water partition coefficient (Wildman–Crippen LogP) is 1.74. The first-order valence-corrected chi connectivity index (χ1v) is 8.45. The van der Waals surface area contributed by atoms with Crippen molar-refractivity contribution in [1.29, 1.82) is 0 Å². The van der Waals surface area contributed by atoms with Crippen molar-refractivity contribution in [2.75, 3.05) is 26.9 Å².